The maximum atomic E-state index is 9.62. The van der Waals surface area contributed by atoms with E-state index in [2.05, 4.69) is 19.2 Å². The summed E-state index contributed by atoms with van der Waals surface area (Å²) < 4.78 is 0. The highest BCUT2D eigenvalue weighted by Crippen LogP contribution is 2.35. The zero-order valence-corrected chi connectivity index (χ0v) is 10.1. The predicted octanol–water partition coefficient (Wildman–Crippen LogP) is 2.32. The van der Waals surface area contributed by atoms with E-state index in [0.29, 0.717) is 18.0 Å². The Morgan fingerprint density at radius 2 is 2.07 bits per heavy atom. The predicted molar refractivity (Wildman–Crippen MR) is 60.3 cm³/mol. The number of hydrogen-bond acceptors (Lipinski definition) is 2. The van der Waals surface area contributed by atoms with Gasteiger partial charge < -0.3 is 10.4 Å². The molecule has 2 N–H and O–H groups in total. The number of aliphatic hydroxyl groups is 1. The Kier molecular flexibility index (Phi) is 3.59. The molecule has 0 unspecified atom stereocenters. The zero-order chi connectivity index (χ0) is 10.8. The van der Waals surface area contributed by atoms with Crippen molar-refractivity contribution in [2.75, 3.05) is 6.54 Å². The Bertz CT molecular complexity index is 181. The fourth-order valence-electron chi connectivity index (χ4n) is 2.27. The minimum atomic E-state index is -0.582. The van der Waals surface area contributed by atoms with E-state index in [9.17, 15) is 5.11 Å². The summed E-state index contributed by atoms with van der Waals surface area (Å²) in [4.78, 5) is 0. The molecule has 1 aliphatic carbocycles. The summed E-state index contributed by atoms with van der Waals surface area (Å²) in [6.45, 7) is 9.09. The first-order chi connectivity index (χ1) is 6.29. The van der Waals surface area contributed by atoms with E-state index in [1.807, 2.05) is 13.8 Å². The van der Waals surface area contributed by atoms with E-state index in [4.69, 9.17) is 0 Å². The molecule has 0 aromatic rings. The van der Waals surface area contributed by atoms with Crippen molar-refractivity contribution in [3.8, 4) is 0 Å². The van der Waals surface area contributed by atoms with Crippen molar-refractivity contribution in [2.24, 2.45) is 5.41 Å². The number of hydrogen-bond donors (Lipinski definition) is 2. The molecule has 2 heteroatoms. The van der Waals surface area contributed by atoms with E-state index >= 15 is 0 Å². The molecule has 2 nitrogen and oxygen atoms in total. The molecule has 0 amide bonds. The third kappa shape index (κ3) is 4.43. The van der Waals surface area contributed by atoms with Gasteiger partial charge in [-0.25, -0.2) is 0 Å². The molecule has 84 valence electrons. The monoisotopic (exact) mass is 199 g/mol. The highest BCUT2D eigenvalue weighted by molar-refractivity contribution is 4.84. The molecular weight excluding hydrogens is 174 g/mol. The van der Waals surface area contributed by atoms with Crippen LogP contribution >= 0.6 is 0 Å². The van der Waals surface area contributed by atoms with Crippen LogP contribution in [0, 0.1) is 5.41 Å². The molecule has 0 saturated heterocycles. The summed E-state index contributed by atoms with van der Waals surface area (Å²) in [5.41, 5.74) is -0.100. The largest absolute Gasteiger partial charge is 0.389 e. The molecule has 0 aliphatic heterocycles. The van der Waals surface area contributed by atoms with Gasteiger partial charge in [0.2, 0.25) is 0 Å². The van der Waals surface area contributed by atoms with Gasteiger partial charge in [0.1, 0.15) is 0 Å². The van der Waals surface area contributed by atoms with Gasteiger partial charge in [-0.05, 0) is 38.5 Å². The lowest BCUT2D eigenvalue weighted by molar-refractivity contribution is 0.0698. The van der Waals surface area contributed by atoms with Crippen molar-refractivity contribution in [3.63, 3.8) is 0 Å². The lowest BCUT2D eigenvalue weighted by atomic mass is 9.75. The van der Waals surface area contributed by atoms with E-state index in [1.165, 1.54) is 25.7 Å². The molecule has 0 bridgehead atoms. The molecule has 1 atom stereocenters. The first-order valence-corrected chi connectivity index (χ1v) is 5.74. The lowest BCUT2D eigenvalue weighted by Crippen LogP contribution is -2.44. The van der Waals surface area contributed by atoms with Crippen LogP contribution in [-0.4, -0.2) is 23.3 Å². The van der Waals surface area contributed by atoms with Crippen LogP contribution in [0.15, 0.2) is 0 Å². The smallest absolute Gasteiger partial charge is 0.0715 e. The van der Waals surface area contributed by atoms with Gasteiger partial charge in [0.15, 0.2) is 0 Å². The minimum Gasteiger partial charge on any atom is -0.389 e. The highest BCUT2D eigenvalue weighted by atomic mass is 16.3. The normalized spacial score (nSPS) is 27.6. The maximum absolute atomic E-state index is 9.62. The first-order valence-electron chi connectivity index (χ1n) is 5.74. The second-order valence-electron chi connectivity index (χ2n) is 6.15. The first kappa shape index (κ1) is 12.0. The van der Waals surface area contributed by atoms with Crippen LogP contribution in [0.1, 0.15) is 53.4 Å². The standard InChI is InChI=1S/C12H25NO/c1-11(2)7-5-6-10(8-11)13-9-12(3,4)14/h10,13-14H,5-9H2,1-4H3/t10-/m1/s1. The van der Waals surface area contributed by atoms with Gasteiger partial charge in [-0.15, -0.1) is 0 Å². The van der Waals surface area contributed by atoms with Gasteiger partial charge >= 0.3 is 0 Å². The summed E-state index contributed by atoms with van der Waals surface area (Å²) in [5.74, 6) is 0. The van der Waals surface area contributed by atoms with Gasteiger partial charge in [0.05, 0.1) is 5.60 Å². The Morgan fingerprint density at radius 3 is 2.57 bits per heavy atom. The molecular formula is C12H25NO. The third-order valence-corrected chi connectivity index (χ3v) is 3.03. The van der Waals surface area contributed by atoms with Crippen molar-refractivity contribution in [1.29, 1.82) is 0 Å². The fraction of sp³-hybridized carbons (Fsp3) is 1.00. The van der Waals surface area contributed by atoms with Crippen molar-refractivity contribution in [2.45, 2.75) is 65.0 Å². The third-order valence-electron chi connectivity index (χ3n) is 3.03. The summed E-state index contributed by atoms with van der Waals surface area (Å²) >= 11 is 0. The average Bonchev–Trinajstić information content (AvgIpc) is 1.98. The van der Waals surface area contributed by atoms with E-state index in [1.54, 1.807) is 0 Å². The van der Waals surface area contributed by atoms with Crippen LogP contribution in [0.3, 0.4) is 0 Å². The SMILES string of the molecule is CC(C)(O)CN[C@@H]1CCCC(C)(C)C1. The van der Waals surface area contributed by atoms with Gasteiger partial charge in [-0.3, -0.25) is 0 Å². The Hall–Kier alpha value is -0.0800. The van der Waals surface area contributed by atoms with Crippen LogP contribution in [0.2, 0.25) is 0 Å². The molecule has 1 rings (SSSR count). The second kappa shape index (κ2) is 4.19. The number of rotatable bonds is 3. The molecule has 0 aromatic carbocycles. The Labute approximate surface area is 88.1 Å². The zero-order valence-electron chi connectivity index (χ0n) is 10.1. The summed E-state index contributed by atoms with van der Waals surface area (Å²) in [7, 11) is 0. The van der Waals surface area contributed by atoms with E-state index in [0.717, 1.165) is 0 Å². The van der Waals surface area contributed by atoms with Crippen LogP contribution in [0.5, 0.6) is 0 Å². The molecule has 0 heterocycles. The van der Waals surface area contributed by atoms with Crippen LogP contribution in [0.4, 0.5) is 0 Å². The van der Waals surface area contributed by atoms with E-state index in [-0.39, 0.29) is 0 Å². The minimum absolute atomic E-state index is 0.482. The molecule has 0 radical (unpaired) electrons. The Morgan fingerprint density at radius 1 is 1.43 bits per heavy atom. The van der Waals surface area contributed by atoms with E-state index < -0.39 is 5.60 Å². The van der Waals surface area contributed by atoms with Crippen molar-refractivity contribution < 1.29 is 5.11 Å². The van der Waals surface area contributed by atoms with Crippen LogP contribution in [0.25, 0.3) is 0 Å². The van der Waals surface area contributed by atoms with Crippen LogP contribution in [-0.2, 0) is 0 Å². The van der Waals surface area contributed by atoms with Gasteiger partial charge in [-0.1, -0.05) is 20.3 Å². The quantitative estimate of drug-likeness (QED) is 0.731. The molecule has 1 saturated carbocycles. The van der Waals surface area contributed by atoms with Gasteiger partial charge in [0, 0.05) is 12.6 Å². The van der Waals surface area contributed by atoms with Crippen molar-refractivity contribution in [1.82, 2.24) is 5.32 Å². The summed E-state index contributed by atoms with van der Waals surface area (Å²) in [6, 6.07) is 0.602. The molecule has 14 heavy (non-hydrogen) atoms. The molecule has 1 aliphatic rings. The number of nitrogens with one attached hydrogen (secondary N) is 1. The summed E-state index contributed by atoms with van der Waals surface area (Å²) in [5, 5.41) is 13.1. The van der Waals surface area contributed by atoms with Crippen molar-refractivity contribution >= 4 is 0 Å². The van der Waals surface area contributed by atoms with Gasteiger partial charge in [-0.2, -0.15) is 0 Å². The molecule has 0 aromatic heterocycles. The maximum Gasteiger partial charge on any atom is 0.0715 e. The van der Waals surface area contributed by atoms with Gasteiger partial charge in [0.25, 0.3) is 0 Å². The van der Waals surface area contributed by atoms with Crippen molar-refractivity contribution in [3.05, 3.63) is 0 Å². The topological polar surface area (TPSA) is 32.3 Å². The highest BCUT2D eigenvalue weighted by Gasteiger charge is 2.28. The fourth-order valence-corrected chi connectivity index (χ4v) is 2.27. The molecule has 1 fully saturated rings. The lowest BCUT2D eigenvalue weighted by Gasteiger charge is -2.36. The second-order valence-corrected chi connectivity index (χ2v) is 6.15. The van der Waals surface area contributed by atoms with Crippen LogP contribution < -0.4 is 5.32 Å². The molecule has 0 spiro atoms. The summed E-state index contributed by atoms with van der Waals surface area (Å²) in [6.07, 6.45) is 5.16. The Balaban J connectivity index is 2.32. The average molecular weight is 199 g/mol.